The third-order valence-corrected chi connectivity index (χ3v) is 3.96. The van der Waals surface area contributed by atoms with Crippen LogP contribution in [0.15, 0.2) is 33.6 Å². The summed E-state index contributed by atoms with van der Waals surface area (Å²) in [5, 5.41) is -9.85. The molecule has 0 saturated heterocycles. The first-order valence-corrected chi connectivity index (χ1v) is 6.65. The molecule has 2 nitrogen and oxygen atoms in total. The van der Waals surface area contributed by atoms with E-state index in [-0.39, 0.29) is 34.5 Å². The van der Waals surface area contributed by atoms with Gasteiger partial charge >= 0.3 is 40.1 Å². The van der Waals surface area contributed by atoms with E-state index >= 15 is 0 Å². The van der Waals surface area contributed by atoms with Gasteiger partial charge in [0, 0.05) is 20.4 Å². The minimum Gasteiger partial charge on any atom is -0.768 e. The summed E-state index contributed by atoms with van der Waals surface area (Å²) in [5.74, 6) is 0. The number of halogens is 5. The van der Waals surface area contributed by atoms with Gasteiger partial charge in [-0.05, 0) is 36.0 Å². The van der Waals surface area contributed by atoms with Crippen LogP contribution in [-0.2, 0) is 11.1 Å². The van der Waals surface area contributed by atoms with Gasteiger partial charge in [-0.3, -0.25) is 4.21 Å². The van der Waals surface area contributed by atoms with Crippen LogP contribution in [0.25, 0.3) is 0 Å². The molecule has 0 radical (unpaired) electrons. The molecule has 0 aliphatic rings. The van der Waals surface area contributed by atoms with Crippen LogP contribution in [0.1, 0.15) is 0 Å². The quantitative estimate of drug-likeness (QED) is 0.335. The molecule has 0 heterocycles. The van der Waals surface area contributed by atoms with E-state index in [1.165, 1.54) is 24.3 Å². The predicted molar refractivity (Wildman–Crippen MR) is 58.8 cm³/mol. The van der Waals surface area contributed by atoms with Crippen molar-refractivity contribution in [1.82, 2.24) is 0 Å². The fraction of sp³-hybridized carbons (Fsp3) is 0.250. The van der Waals surface area contributed by atoms with Gasteiger partial charge in [-0.1, -0.05) is 15.9 Å². The van der Waals surface area contributed by atoms with Crippen LogP contribution < -0.4 is 29.6 Å². The Morgan fingerprint density at radius 3 is 2.00 bits per heavy atom. The van der Waals surface area contributed by atoms with E-state index in [0.29, 0.717) is 4.47 Å². The fourth-order valence-electron chi connectivity index (χ4n) is 0.807. The molecule has 0 saturated carbocycles. The minimum atomic E-state index is -5.12. The second kappa shape index (κ2) is 7.05. The van der Waals surface area contributed by atoms with Crippen LogP contribution in [0.2, 0.25) is 0 Å². The summed E-state index contributed by atoms with van der Waals surface area (Å²) in [6.07, 6.45) is 0. The number of rotatable bonds is 4. The van der Waals surface area contributed by atoms with Gasteiger partial charge in [0.1, 0.15) is 0 Å². The first-order chi connectivity index (χ1) is 7.67. The molecule has 1 unspecified atom stereocenters. The fourth-order valence-corrected chi connectivity index (χ4v) is 2.28. The van der Waals surface area contributed by atoms with Crippen LogP contribution in [0.4, 0.5) is 17.6 Å². The van der Waals surface area contributed by atoms with Crippen molar-refractivity contribution < 1.29 is 55.9 Å². The minimum absolute atomic E-state index is 0. The van der Waals surface area contributed by atoms with Gasteiger partial charge in [-0.15, -0.1) is 0 Å². The van der Waals surface area contributed by atoms with Crippen molar-refractivity contribution in [2.45, 2.75) is 15.4 Å². The third-order valence-electron chi connectivity index (χ3n) is 1.61. The molecule has 0 aliphatic heterocycles. The molecule has 1 rings (SSSR count). The maximum Gasteiger partial charge on any atom is 1.00 e. The monoisotopic (exact) mass is 374 g/mol. The SMILES string of the molecule is O=S([O-])C(F)(F)C(F)(F)Sc1ccc(Br)cc1.[Na+]. The van der Waals surface area contributed by atoms with Crippen LogP contribution in [0.3, 0.4) is 0 Å². The Labute approximate surface area is 138 Å². The summed E-state index contributed by atoms with van der Waals surface area (Å²) in [6, 6.07) is 5.11. The van der Waals surface area contributed by atoms with Crippen molar-refractivity contribution in [2.75, 3.05) is 0 Å². The van der Waals surface area contributed by atoms with Crippen LogP contribution >= 0.6 is 27.7 Å². The van der Waals surface area contributed by atoms with E-state index in [9.17, 15) is 26.3 Å². The second-order valence-corrected chi connectivity index (χ2v) is 5.91. The summed E-state index contributed by atoms with van der Waals surface area (Å²) in [6.45, 7) is 0. The standard InChI is InChI=1S/C8H5BrF4O2S2.Na/c9-5-1-3-6(4-2-5)16-7(10,11)8(12,13)17(14)15;/h1-4H,(H,14,15);/q;+1/p-1. The average molecular weight is 375 g/mol. The molecule has 0 bridgehead atoms. The van der Waals surface area contributed by atoms with Crippen molar-refractivity contribution in [3.05, 3.63) is 28.7 Å². The zero-order valence-electron chi connectivity index (χ0n) is 8.83. The zero-order valence-corrected chi connectivity index (χ0v) is 14.1. The first-order valence-electron chi connectivity index (χ1n) is 3.96. The van der Waals surface area contributed by atoms with Crippen molar-refractivity contribution in [2.24, 2.45) is 0 Å². The van der Waals surface area contributed by atoms with Gasteiger partial charge in [-0.2, -0.15) is 17.6 Å². The third kappa shape index (κ3) is 4.46. The molecule has 1 aromatic carbocycles. The summed E-state index contributed by atoms with van der Waals surface area (Å²) in [5.41, 5.74) is 0. The average Bonchev–Trinajstić information content (AvgIpc) is 2.20. The van der Waals surface area contributed by atoms with Gasteiger partial charge < -0.3 is 4.55 Å². The van der Waals surface area contributed by atoms with Gasteiger partial charge in [0.15, 0.2) is 0 Å². The number of benzene rings is 1. The van der Waals surface area contributed by atoms with E-state index < -0.39 is 33.4 Å². The molecule has 96 valence electrons. The normalized spacial score (nSPS) is 13.9. The summed E-state index contributed by atoms with van der Waals surface area (Å²) >= 11 is -1.65. The molecule has 0 aliphatic carbocycles. The van der Waals surface area contributed by atoms with Gasteiger partial charge in [0.05, 0.1) is 0 Å². The Morgan fingerprint density at radius 1 is 1.17 bits per heavy atom. The summed E-state index contributed by atoms with van der Waals surface area (Å²) in [4.78, 5) is -0.164. The molecule has 1 aromatic rings. The number of alkyl halides is 4. The van der Waals surface area contributed by atoms with Crippen LogP contribution in [0, 0.1) is 0 Å². The largest absolute Gasteiger partial charge is 1.00 e. The molecular weight excluding hydrogens is 371 g/mol. The van der Waals surface area contributed by atoms with Crippen molar-refractivity contribution in [1.29, 1.82) is 0 Å². The molecule has 0 amide bonds. The van der Waals surface area contributed by atoms with Crippen molar-refractivity contribution in [3.63, 3.8) is 0 Å². The molecule has 0 fully saturated rings. The van der Waals surface area contributed by atoms with E-state index in [4.69, 9.17) is 0 Å². The Balaban J connectivity index is 0.00000289. The van der Waals surface area contributed by atoms with E-state index in [2.05, 4.69) is 15.9 Å². The summed E-state index contributed by atoms with van der Waals surface area (Å²) in [7, 11) is 0. The second-order valence-electron chi connectivity index (χ2n) is 2.82. The van der Waals surface area contributed by atoms with E-state index in [1.54, 1.807) is 0 Å². The van der Waals surface area contributed by atoms with E-state index in [0.717, 1.165) is 0 Å². The molecule has 0 spiro atoms. The Kier molecular flexibility index (Phi) is 7.40. The van der Waals surface area contributed by atoms with Crippen molar-refractivity contribution in [3.8, 4) is 0 Å². The Morgan fingerprint density at radius 2 is 1.61 bits per heavy atom. The maximum absolute atomic E-state index is 13.0. The first kappa shape index (κ1) is 18.9. The van der Waals surface area contributed by atoms with Gasteiger partial charge in [0.25, 0.3) is 0 Å². The molecule has 0 aromatic heterocycles. The van der Waals surface area contributed by atoms with Crippen LogP contribution in [0.5, 0.6) is 0 Å². The molecule has 1 atom stereocenters. The molecular formula is C8H4BrF4NaO2S2. The van der Waals surface area contributed by atoms with Crippen molar-refractivity contribution >= 4 is 38.8 Å². The number of hydrogen-bond donors (Lipinski definition) is 0. The molecule has 18 heavy (non-hydrogen) atoms. The molecule has 0 N–H and O–H groups in total. The van der Waals surface area contributed by atoms with Crippen LogP contribution in [-0.4, -0.2) is 19.3 Å². The number of hydrogen-bond acceptors (Lipinski definition) is 3. The van der Waals surface area contributed by atoms with E-state index in [1.807, 2.05) is 0 Å². The topological polar surface area (TPSA) is 40.1 Å². The maximum atomic E-state index is 13.0. The van der Waals surface area contributed by atoms with Gasteiger partial charge in [0.2, 0.25) is 0 Å². The zero-order chi connectivity index (χ0) is 13.3. The van der Waals surface area contributed by atoms with Gasteiger partial charge in [-0.25, -0.2) is 0 Å². The number of thioether (sulfide) groups is 1. The summed E-state index contributed by atoms with van der Waals surface area (Å²) < 4.78 is 72.2. The predicted octanol–water partition coefficient (Wildman–Crippen LogP) is 0.610. The Bertz CT molecular complexity index is 430. The Hall–Kier alpha value is 0.880. The smallest absolute Gasteiger partial charge is 0.768 e. The molecule has 10 heteroatoms.